The zero-order valence-corrected chi connectivity index (χ0v) is 15.2. The highest BCUT2D eigenvalue weighted by Gasteiger charge is 2.21. The third-order valence-corrected chi connectivity index (χ3v) is 4.69. The van der Waals surface area contributed by atoms with Crippen molar-refractivity contribution in [1.29, 1.82) is 0 Å². The Morgan fingerprint density at radius 2 is 2.12 bits per heavy atom. The molecule has 0 bridgehead atoms. The van der Waals surface area contributed by atoms with Crippen molar-refractivity contribution in [3.05, 3.63) is 71.5 Å². The fraction of sp³-hybridized carbons (Fsp3) is 0.238. The molecule has 0 amide bonds. The molecule has 0 radical (unpaired) electrons. The summed E-state index contributed by atoms with van der Waals surface area (Å²) in [6, 6.07) is 10.3. The first-order chi connectivity index (χ1) is 12.7. The van der Waals surface area contributed by atoms with E-state index in [0.29, 0.717) is 0 Å². The number of aromatic nitrogens is 2. The van der Waals surface area contributed by atoms with E-state index >= 15 is 0 Å². The molecule has 0 fully saturated rings. The van der Waals surface area contributed by atoms with Crippen LogP contribution in [0.2, 0.25) is 0 Å². The second-order valence-corrected chi connectivity index (χ2v) is 6.42. The highest BCUT2D eigenvalue weighted by atomic mass is 16.5. The lowest BCUT2D eigenvalue weighted by Gasteiger charge is -2.27. The maximum atomic E-state index is 5.71. The van der Waals surface area contributed by atoms with Gasteiger partial charge in [-0.2, -0.15) is 0 Å². The van der Waals surface area contributed by atoms with E-state index in [0.717, 1.165) is 52.7 Å². The van der Waals surface area contributed by atoms with Gasteiger partial charge in [0, 0.05) is 29.7 Å². The summed E-state index contributed by atoms with van der Waals surface area (Å²) in [7, 11) is 1.70. The van der Waals surface area contributed by atoms with Gasteiger partial charge in [-0.15, -0.1) is 0 Å². The van der Waals surface area contributed by atoms with Crippen molar-refractivity contribution >= 4 is 5.69 Å². The molecule has 0 saturated carbocycles. The second-order valence-electron chi connectivity index (χ2n) is 6.42. The van der Waals surface area contributed by atoms with E-state index in [1.165, 1.54) is 5.56 Å². The number of hydrogen-bond donors (Lipinski definition) is 0. The minimum absolute atomic E-state index is 0.720. The summed E-state index contributed by atoms with van der Waals surface area (Å²) in [4.78, 5) is 6.65. The summed E-state index contributed by atoms with van der Waals surface area (Å²) in [5.74, 6) is 1.62. The summed E-state index contributed by atoms with van der Waals surface area (Å²) < 4.78 is 11.1. The van der Waals surface area contributed by atoms with Gasteiger partial charge in [0.2, 0.25) is 0 Å². The highest BCUT2D eigenvalue weighted by Crippen LogP contribution is 2.41. The molecule has 0 unspecified atom stereocenters. The summed E-state index contributed by atoms with van der Waals surface area (Å²) >= 11 is 0. The van der Waals surface area contributed by atoms with Crippen LogP contribution >= 0.6 is 0 Å². The van der Waals surface area contributed by atoms with E-state index in [1.807, 2.05) is 38.2 Å². The van der Waals surface area contributed by atoms with Crippen molar-refractivity contribution in [1.82, 2.24) is 10.1 Å². The smallest absolute Gasteiger partial charge is 0.141 e. The molecule has 5 heteroatoms. The molecule has 1 aliphatic rings. The molecule has 1 aliphatic heterocycles. The van der Waals surface area contributed by atoms with Gasteiger partial charge in [0.05, 0.1) is 30.6 Å². The topological polar surface area (TPSA) is 51.4 Å². The van der Waals surface area contributed by atoms with Crippen LogP contribution in [0.1, 0.15) is 22.7 Å². The fourth-order valence-corrected chi connectivity index (χ4v) is 3.47. The summed E-state index contributed by atoms with van der Waals surface area (Å²) in [5.41, 5.74) is 6.33. The minimum Gasteiger partial charge on any atom is -0.496 e. The van der Waals surface area contributed by atoms with E-state index in [9.17, 15) is 0 Å². The maximum Gasteiger partial charge on any atom is 0.141 e. The zero-order valence-electron chi connectivity index (χ0n) is 15.2. The zero-order chi connectivity index (χ0) is 18.1. The molecular formula is C21H21N3O2. The molecule has 0 saturated heterocycles. The van der Waals surface area contributed by atoms with E-state index in [2.05, 4.69) is 39.4 Å². The van der Waals surface area contributed by atoms with Crippen molar-refractivity contribution < 1.29 is 9.26 Å². The Kier molecular flexibility index (Phi) is 4.21. The van der Waals surface area contributed by atoms with Gasteiger partial charge in [0.25, 0.3) is 0 Å². The van der Waals surface area contributed by atoms with Crippen LogP contribution in [0.15, 0.2) is 53.3 Å². The van der Waals surface area contributed by atoms with Gasteiger partial charge in [0.15, 0.2) is 0 Å². The lowest BCUT2D eigenvalue weighted by molar-refractivity contribution is 0.393. The van der Waals surface area contributed by atoms with Gasteiger partial charge in [-0.1, -0.05) is 17.3 Å². The first kappa shape index (κ1) is 16.4. The quantitative estimate of drug-likeness (QED) is 0.698. The number of hydrogen-bond acceptors (Lipinski definition) is 5. The number of allylic oxidation sites excluding steroid dienone is 1. The highest BCUT2D eigenvalue weighted by molar-refractivity contribution is 5.79. The van der Waals surface area contributed by atoms with Crippen LogP contribution in [0.4, 0.5) is 5.69 Å². The van der Waals surface area contributed by atoms with Gasteiger partial charge in [-0.25, -0.2) is 0 Å². The van der Waals surface area contributed by atoms with E-state index < -0.39 is 0 Å². The average Bonchev–Trinajstić information content (AvgIpc) is 3.00. The number of anilines is 1. The van der Waals surface area contributed by atoms with Crippen LogP contribution in [0.25, 0.3) is 11.1 Å². The molecule has 4 rings (SSSR count). The number of methoxy groups -OCH3 is 1. The Morgan fingerprint density at radius 3 is 2.81 bits per heavy atom. The molecule has 1 aromatic carbocycles. The molecule has 3 heterocycles. The van der Waals surface area contributed by atoms with Gasteiger partial charge in [0.1, 0.15) is 11.5 Å². The van der Waals surface area contributed by atoms with Crippen molar-refractivity contribution in [2.24, 2.45) is 0 Å². The SMILES string of the molecule is COc1cc2c(cc1-c1c(C)noc1C)CC=CN2Cc1ccccn1. The second kappa shape index (κ2) is 6.67. The van der Waals surface area contributed by atoms with Crippen molar-refractivity contribution in [3.63, 3.8) is 0 Å². The molecule has 2 aromatic heterocycles. The number of benzene rings is 1. The molecule has 3 aromatic rings. The monoisotopic (exact) mass is 347 g/mol. The molecule has 132 valence electrons. The summed E-state index contributed by atoms with van der Waals surface area (Å²) in [5, 5.41) is 4.09. The van der Waals surface area contributed by atoms with Crippen molar-refractivity contribution in [2.45, 2.75) is 26.8 Å². The number of fused-ring (bicyclic) bond motifs is 1. The first-order valence-electron chi connectivity index (χ1n) is 8.64. The first-order valence-corrected chi connectivity index (χ1v) is 8.64. The molecule has 0 aliphatic carbocycles. The van der Waals surface area contributed by atoms with Gasteiger partial charge < -0.3 is 14.2 Å². The third kappa shape index (κ3) is 2.86. The summed E-state index contributed by atoms with van der Waals surface area (Å²) in [6.07, 6.45) is 7.00. The van der Waals surface area contributed by atoms with E-state index in [1.54, 1.807) is 7.11 Å². The van der Waals surface area contributed by atoms with Crippen molar-refractivity contribution in [2.75, 3.05) is 12.0 Å². The maximum absolute atomic E-state index is 5.71. The number of pyridine rings is 1. The molecule has 0 spiro atoms. The normalized spacial score (nSPS) is 13.0. The Bertz CT molecular complexity index is 941. The Morgan fingerprint density at radius 1 is 1.23 bits per heavy atom. The lowest BCUT2D eigenvalue weighted by atomic mass is 9.96. The Labute approximate surface area is 152 Å². The van der Waals surface area contributed by atoms with Gasteiger partial charge >= 0.3 is 0 Å². The molecule has 0 atom stereocenters. The number of ether oxygens (including phenoxy) is 1. The third-order valence-electron chi connectivity index (χ3n) is 4.69. The standard InChI is InChI=1S/C21H21N3O2/c1-14-21(15(2)26-23-14)18-11-16-7-6-10-24(19(16)12-20(18)25-3)13-17-8-4-5-9-22-17/h4-6,8-12H,7,13H2,1-3H3. The number of rotatable bonds is 4. The largest absolute Gasteiger partial charge is 0.496 e. The Hall–Kier alpha value is -3.08. The van der Waals surface area contributed by atoms with Crippen LogP contribution in [0.5, 0.6) is 5.75 Å². The average molecular weight is 347 g/mol. The van der Waals surface area contributed by atoms with Crippen LogP contribution < -0.4 is 9.64 Å². The minimum atomic E-state index is 0.720. The van der Waals surface area contributed by atoms with E-state index in [4.69, 9.17) is 9.26 Å². The molecule has 0 N–H and O–H groups in total. The Balaban J connectivity index is 1.78. The van der Waals surface area contributed by atoms with Crippen LogP contribution in [0.3, 0.4) is 0 Å². The number of nitrogens with zero attached hydrogens (tertiary/aromatic N) is 3. The van der Waals surface area contributed by atoms with Gasteiger partial charge in [-0.3, -0.25) is 4.98 Å². The summed E-state index contributed by atoms with van der Waals surface area (Å²) in [6.45, 7) is 4.61. The number of aryl methyl sites for hydroxylation is 2. The van der Waals surface area contributed by atoms with Crippen LogP contribution in [-0.2, 0) is 13.0 Å². The van der Waals surface area contributed by atoms with Crippen LogP contribution in [-0.4, -0.2) is 17.3 Å². The van der Waals surface area contributed by atoms with Crippen LogP contribution in [0, 0.1) is 13.8 Å². The fourth-order valence-electron chi connectivity index (χ4n) is 3.47. The predicted octanol–water partition coefficient (Wildman–Crippen LogP) is 4.44. The molecular weight excluding hydrogens is 326 g/mol. The molecule has 5 nitrogen and oxygen atoms in total. The lowest BCUT2D eigenvalue weighted by Crippen LogP contribution is -2.20. The van der Waals surface area contributed by atoms with Gasteiger partial charge in [-0.05, 0) is 44.0 Å². The van der Waals surface area contributed by atoms with E-state index in [-0.39, 0.29) is 0 Å². The van der Waals surface area contributed by atoms with Crippen molar-refractivity contribution in [3.8, 4) is 16.9 Å². The molecule has 26 heavy (non-hydrogen) atoms. The predicted molar refractivity (Wildman–Crippen MR) is 101 cm³/mol.